The Bertz CT molecular complexity index is 535. The zero-order valence-electron chi connectivity index (χ0n) is 11.3. The lowest BCUT2D eigenvalue weighted by Crippen LogP contribution is -2.18. The van der Waals surface area contributed by atoms with Gasteiger partial charge in [-0.3, -0.25) is 4.98 Å². The minimum Gasteiger partial charge on any atom is -0.455 e. The molecule has 0 radical (unpaired) electrons. The van der Waals surface area contributed by atoms with Crippen LogP contribution in [0.5, 0.6) is 11.5 Å². The molecule has 0 saturated heterocycles. The van der Waals surface area contributed by atoms with Crippen LogP contribution in [-0.4, -0.2) is 25.2 Å². The molecular formula is C15H17ClN2O2. The van der Waals surface area contributed by atoms with Crippen molar-refractivity contribution >= 4 is 11.6 Å². The van der Waals surface area contributed by atoms with Crippen LogP contribution in [0.4, 0.5) is 0 Å². The number of benzene rings is 1. The number of nitrogens with one attached hydrogen (secondary N) is 1. The van der Waals surface area contributed by atoms with Crippen LogP contribution in [0.25, 0.3) is 0 Å². The smallest absolute Gasteiger partial charge is 0.145 e. The third-order valence-corrected chi connectivity index (χ3v) is 2.92. The zero-order valence-corrected chi connectivity index (χ0v) is 12.1. The summed E-state index contributed by atoms with van der Waals surface area (Å²) in [4.78, 5) is 4.03. The highest BCUT2D eigenvalue weighted by Crippen LogP contribution is 2.27. The van der Waals surface area contributed by atoms with E-state index in [1.54, 1.807) is 19.5 Å². The molecule has 0 unspecified atom stereocenters. The van der Waals surface area contributed by atoms with E-state index in [0.29, 0.717) is 23.9 Å². The van der Waals surface area contributed by atoms with E-state index < -0.39 is 0 Å². The second kappa shape index (κ2) is 7.85. The average molecular weight is 293 g/mol. The van der Waals surface area contributed by atoms with Gasteiger partial charge in [-0.2, -0.15) is 0 Å². The van der Waals surface area contributed by atoms with Crippen molar-refractivity contribution in [1.29, 1.82) is 0 Å². The molecule has 1 N–H and O–H groups in total. The van der Waals surface area contributed by atoms with Gasteiger partial charge in [-0.25, -0.2) is 0 Å². The normalized spacial score (nSPS) is 10.5. The number of halogens is 1. The second-order valence-electron chi connectivity index (χ2n) is 4.21. The van der Waals surface area contributed by atoms with E-state index in [4.69, 9.17) is 21.1 Å². The molecule has 1 heterocycles. The van der Waals surface area contributed by atoms with Crippen molar-refractivity contribution in [3.05, 3.63) is 53.3 Å². The molecule has 4 nitrogen and oxygen atoms in total. The maximum Gasteiger partial charge on any atom is 0.145 e. The SMILES string of the molecule is COCCNCc1ccc(Cl)cc1Oc1cccnc1. The van der Waals surface area contributed by atoms with Crippen LogP contribution in [0, 0.1) is 0 Å². The van der Waals surface area contributed by atoms with Gasteiger partial charge in [-0.05, 0) is 24.3 Å². The minimum atomic E-state index is 0.643. The number of ether oxygens (including phenoxy) is 2. The molecule has 5 heteroatoms. The van der Waals surface area contributed by atoms with Crippen LogP contribution >= 0.6 is 11.6 Å². The summed E-state index contributed by atoms with van der Waals surface area (Å²) in [5, 5.41) is 3.93. The van der Waals surface area contributed by atoms with E-state index in [9.17, 15) is 0 Å². The molecule has 0 bridgehead atoms. The predicted molar refractivity (Wildman–Crippen MR) is 79.3 cm³/mol. The summed E-state index contributed by atoms with van der Waals surface area (Å²) in [5.41, 5.74) is 1.04. The third kappa shape index (κ3) is 4.49. The van der Waals surface area contributed by atoms with E-state index in [1.165, 1.54) is 0 Å². The predicted octanol–water partition coefficient (Wildman–Crippen LogP) is 3.26. The molecule has 0 aliphatic heterocycles. The van der Waals surface area contributed by atoms with Crippen molar-refractivity contribution in [2.75, 3.05) is 20.3 Å². The summed E-state index contributed by atoms with van der Waals surface area (Å²) < 4.78 is 10.8. The summed E-state index contributed by atoms with van der Waals surface area (Å²) in [6.45, 7) is 2.15. The van der Waals surface area contributed by atoms with Crippen molar-refractivity contribution in [2.24, 2.45) is 0 Å². The fraction of sp³-hybridized carbons (Fsp3) is 0.267. The molecular weight excluding hydrogens is 276 g/mol. The van der Waals surface area contributed by atoms with Gasteiger partial charge < -0.3 is 14.8 Å². The molecule has 106 valence electrons. The highest BCUT2D eigenvalue weighted by atomic mass is 35.5. The fourth-order valence-electron chi connectivity index (χ4n) is 1.70. The first-order valence-electron chi connectivity index (χ1n) is 6.35. The zero-order chi connectivity index (χ0) is 14.2. The van der Waals surface area contributed by atoms with Crippen molar-refractivity contribution < 1.29 is 9.47 Å². The summed E-state index contributed by atoms with van der Waals surface area (Å²) >= 11 is 6.03. The van der Waals surface area contributed by atoms with Gasteiger partial charge in [0.2, 0.25) is 0 Å². The van der Waals surface area contributed by atoms with Crippen molar-refractivity contribution in [2.45, 2.75) is 6.54 Å². The van der Waals surface area contributed by atoms with E-state index in [1.807, 2.05) is 30.3 Å². The van der Waals surface area contributed by atoms with Crippen LogP contribution in [0.3, 0.4) is 0 Å². The summed E-state index contributed by atoms with van der Waals surface area (Å²) in [5.74, 6) is 1.42. The third-order valence-electron chi connectivity index (χ3n) is 2.69. The molecule has 20 heavy (non-hydrogen) atoms. The lowest BCUT2D eigenvalue weighted by Gasteiger charge is -2.12. The molecule has 0 atom stereocenters. The summed E-state index contributed by atoms with van der Waals surface area (Å²) in [6.07, 6.45) is 3.38. The molecule has 0 aliphatic carbocycles. The Morgan fingerprint density at radius 3 is 2.95 bits per heavy atom. The van der Waals surface area contributed by atoms with Gasteiger partial charge in [-0.15, -0.1) is 0 Å². The molecule has 0 fully saturated rings. The average Bonchev–Trinajstić information content (AvgIpc) is 2.47. The van der Waals surface area contributed by atoms with E-state index in [2.05, 4.69) is 10.3 Å². The lowest BCUT2D eigenvalue weighted by atomic mass is 10.2. The fourth-order valence-corrected chi connectivity index (χ4v) is 1.86. The molecule has 2 aromatic rings. The quantitative estimate of drug-likeness (QED) is 0.796. The van der Waals surface area contributed by atoms with Crippen molar-refractivity contribution in [3.63, 3.8) is 0 Å². The minimum absolute atomic E-state index is 0.643. The van der Waals surface area contributed by atoms with Gasteiger partial charge in [-0.1, -0.05) is 17.7 Å². The number of aromatic nitrogens is 1. The Hall–Kier alpha value is -1.62. The first-order valence-corrected chi connectivity index (χ1v) is 6.73. The van der Waals surface area contributed by atoms with Gasteiger partial charge in [0, 0.05) is 37.0 Å². The Morgan fingerprint density at radius 2 is 2.20 bits per heavy atom. The molecule has 1 aromatic carbocycles. The Morgan fingerprint density at radius 1 is 1.30 bits per heavy atom. The van der Waals surface area contributed by atoms with Crippen LogP contribution in [0.1, 0.15) is 5.56 Å². The molecule has 0 saturated carbocycles. The van der Waals surface area contributed by atoms with E-state index >= 15 is 0 Å². The number of pyridine rings is 1. The van der Waals surface area contributed by atoms with Crippen molar-refractivity contribution in [1.82, 2.24) is 10.3 Å². The van der Waals surface area contributed by atoms with Gasteiger partial charge in [0.15, 0.2) is 0 Å². The first kappa shape index (κ1) is 14.8. The Labute approximate surface area is 123 Å². The van der Waals surface area contributed by atoms with Crippen molar-refractivity contribution in [3.8, 4) is 11.5 Å². The standard InChI is InChI=1S/C15H17ClN2O2/c1-19-8-7-18-10-12-4-5-13(16)9-15(12)20-14-3-2-6-17-11-14/h2-6,9,11,18H,7-8,10H2,1H3. The Balaban J connectivity index is 2.07. The van der Waals surface area contributed by atoms with Gasteiger partial charge in [0.1, 0.15) is 11.5 Å². The maximum atomic E-state index is 6.03. The van der Waals surface area contributed by atoms with Crippen LogP contribution in [0.2, 0.25) is 5.02 Å². The topological polar surface area (TPSA) is 43.4 Å². The monoisotopic (exact) mass is 292 g/mol. The number of methoxy groups -OCH3 is 1. The Kier molecular flexibility index (Phi) is 5.80. The van der Waals surface area contributed by atoms with Gasteiger partial charge >= 0.3 is 0 Å². The molecule has 0 amide bonds. The van der Waals surface area contributed by atoms with E-state index in [0.717, 1.165) is 17.9 Å². The first-order chi connectivity index (χ1) is 9.79. The largest absolute Gasteiger partial charge is 0.455 e. The number of rotatable bonds is 7. The second-order valence-corrected chi connectivity index (χ2v) is 4.65. The molecule has 1 aromatic heterocycles. The number of hydrogen-bond donors (Lipinski definition) is 1. The number of hydrogen-bond acceptors (Lipinski definition) is 4. The molecule has 0 aliphatic rings. The van der Waals surface area contributed by atoms with Crippen LogP contribution in [-0.2, 0) is 11.3 Å². The molecule has 0 spiro atoms. The van der Waals surface area contributed by atoms with Crippen LogP contribution < -0.4 is 10.1 Å². The maximum absolute atomic E-state index is 6.03. The lowest BCUT2D eigenvalue weighted by molar-refractivity contribution is 0.199. The number of nitrogens with zero attached hydrogens (tertiary/aromatic N) is 1. The van der Waals surface area contributed by atoms with E-state index in [-0.39, 0.29) is 0 Å². The summed E-state index contributed by atoms with van der Waals surface area (Å²) in [6, 6.07) is 9.30. The summed E-state index contributed by atoms with van der Waals surface area (Å²) in [7, 11) is 1.68. The molecule has 2 rings (SSSR count). The van der Waals surface area contributed by atoms with Gasteiger partial charge in [0.25, 0.3) is 0 Å². The highest BCUT2D eigenvalue weighted by Gasteiger charge is 2.06. The highest BCUT2D eigenvalue weighted by molar-refractivity contribution is 6.30. The van der Waals surface area contributed by atoms with Gasteiger partial charge in [0.05, 0.1) is 12.8 Å². The van der Waals surface area contributed by atoms with Crippen LogP contribution in [0.15, 0.2) is 42.7 Å².